The maximum absolute atomic E-state index is 14.1. The summed E-state index contributed by atoms with van der Waals surface area (Å²) in [5.74, 6) is -0.294. The molecule has 0 heterocycles. The molecule has 0 bridgehead atoms. The number of halogens is 2. The third-order valence-electron chi connectivity index (χ3n) is 4.52. The van der Waals surface area contributed by atoms with Crippen LogP contribution in [0.5, 0.6) is 0 Å². The van der Waals surface area contributed by atoms with E-state index in [0.717, 1.165) is 0 Å². The minimum atomic E-state index is -0.697. The third kappa shape index (κ3) is 4.94. The number of nitrogens with zero attached hydrogens (tertiary/aromatic N) is 1. The Balaban J connectivity index is 2.04. The fourth-order valence-corrected chi connectivity index (χ4v) is 3.60. The molecule has 1 aromatic rings. The van der Waals surface area contributed by atoms with Crippen LogP contribution in [0, 0.1) is 17.1 Å². The van der Waals surface area contributed by atoms with E-state index in [1.54, 1.807) is 6.07 Å². The summed E-state index contributed by atoms with van der Waals surface area (Å²) in [6.07, 6.45) is 2.05. The van der Waals surface area contributed by atoms with Gasteiger partial charge in [0.25, 0.3) is 0 Å². The van der Waals surface area contributed by atoms with Gasteiger partial charge in [-0.15, -0.1) is 0 Å². The van der Waals surface area contributed by atoms with Crippen LogP contribution in [0.1, 0.15) is 57.6 Å². The van der Waals surface area contributed by atoms with Gasteiger partial charge in [-0.25, -0.2) is 9.18 Å². The smallest absolute Gasteiger partial charge is 0.407 e. The fraction of sp³-hybridized carbons (Fsp3) is 0.579. The summed E-state index contributed by atoms with van der Waals surface area (Å²) in [7, 11) is 0. The number of carbonyl (C=O) groups is 1. The van der Waals surface area contributed by atoms with E-state index in [-0.39, 0.29) is 11.9 Å². The SMILES string of the molecule is CC(C)(C)OC(=O)N[C@H]1CC[C@](C#N)(c2ccc(CBr)c(F)c2)CC1. The topological polar surface area (TPSA) is 62.1 Å². The molecule has 1 aromatic carbocycles. The van der Waals surface area contributed by atoms with Crippen molar-refractivity contribution in [3.05, 3.63) is 35.1 Å². The van der Waals surface area contributed by atoms with Gasteiger partial charge in [-0.05, 0) is 63.6 Å². The lowest BCUT2D eigenvalue weighted by atomic mass is 9.69. The molecule has 0 radical (unpaired) electrons. The first-order valence-corrected chi connectivity index (χ1v) is 9.57. The molecular formula is C19H24BrFN2O2. The first-order chi connectivity index (χ1) is 11.7. The number of hydrogen-bond donors (Lipinski definition) is 1. The Hall–Kier alpha value is -1.61. The monoisotopic (exact) mass is 410 g/mol. The molecule has 1 fully saturated rings. The number of amides is 1. The standard InChI is InChI=1S/C19H24BrFN2O2/c1-18(2,3)25-17(24)23-15-6-8-19(12-22,9-7-15)14-5-4-13(11-20)16(21)10-14/h4-5,10,15H,6-9,11H2,1-3H3,(H,23,24)/t15-,19-. The van der Waals surface area contributed by atoms with E-state index in [4.69, 9.17) is 4.74 Å². The van der Waals surface area contributed by atoms with Gasteiger partial charge in [0.05, 0.1) is 11.5 Å². The van der Waals surface area contributed by atoms with Crippen LogP contribution in [0.3, 0.4) is 0 Å². The van der Waals surface area contributed by atoms with E-state index < -0.39 is 17.1 Å². The Labute approximate surface area is 156 Å². The molecule has 1 N–H and O–H groups in total. The first kappa shape index (κ1) is 19.7. The quantitative estimate of drug-likeness (QED) is 0.716. The molecule has 1 aliphatic carbocycles. The van der Waals surface area contributed by atoms with Crippen LogP contribution in [-0.2, 0) is 15.5 Å². The number of ether oxygens (including phenoxy) is 1. The van der Waals surface area contributed by atoms with Gasteiger partial charge >= 0.3 is 6.09 Å². The molecule has 0 aliphatic heterocycles. The maximum Gasteiger partial charge on any atom is 0.407 e. The normalized spacial score (nSPS) is 23.6. The predicted octanol–water partition coefficient (Wildman–Crippen LogP) is 4.95. The highest BCUT2D eigenvalue weighted by Gasteiger charge is 2.38. The highest BCUT2D eigenvalue weighted by atomic mass is 79.9. The third-order valence-corrected chi connectivity index (χ3v) is 5.13. The number of alkyl halides is 1. The van der Waals surface area contributed by atoms with Crippen molar-refractivity contribution in [2.45, 2.75) is 68.8 Å². The number of carbonyl (C=O) groups excluding carboxylic acids is 1. The Kier molecular flexibility index (Phi) is 6.10. The van der Waals surface area contributed by atoms with Crippen molar-refractivity contribution < 1.29 is 13.9 Å². The number of benzene rings is 1. The molecule has 4 nitrogen and oxygen atoms in total. The van der Waals surface area contributed by atoms with Crippen LogP contribution < -0.4 is 5.32 Å². The molecule has 1 saturated carbocycles. The van der Waals surface area contributed by atoms with Gasteiger partial charge in [-0.1, -0.05) is 28.1 Å². The Morgan fingerprint density at radius 3 is 2.56 bits per heavy atom. The average Bonchev–Trinajstić information content (AvgIpc) is 2.54. The van der Waals surface area contributed by atoms with E-state index in [1.165, 1.54) is 6.07 Å². The summed E-state index contributed by atoms with van der Waals surface area (Å²) in [6, 6.07) is 7.40. The summed E-state index contributed by atoms with van der Waals surface area (Å²) in [4.78, 5) is 11.9. The second-order valence-electron chi connectivity index (χ2n) is 7.55. The van der Waals surface area contributed by atoms with Crippen LogP contribution in [0.4, 0.5) is 9.18 Å². The average molecular weight is 411 g/mol. The summed E-state index contributed by atoms with van der Waals surface area (Å²) >= 11 is 3.25. The van der Waals surface area contributed by atoms with Crippen molar-refractivity contribution in [2.24, 2.45) is 0 Å². The van der Waals surface area contributed by atoms with Crippen molar-refractivity contribution in [3.63, 3.8) is 0 Å². The van der Waals surface area contributed by atoms with Crippen molar-refractivity contribution in [1.29, 1.82) is 5.26 Å². The van der Waals surface area contributed by atoms with Crippen molar-refractivity contribution in [1.82, 2.24) is 5.32 Å². The molecular weight excluding hydrogens is 387 g/mol. The number of alkyl carbamates (subject to hydrolysis) is 1. The van der Waals surface area contributed by atoms with E-state index in [0.29, 0.717) is 42.1 Å². The number of nitriles is 1. The zero-order valence-electron chi connectivity index (χ0n) is 14.9. The largest absolute Gasteiger partial charge is 0.444 e. The van der Waals surface area contributed by atoms with Gasteiger partial charge in [-0.3, -0.25) is 0 Å². The Bertz CT molecular complexity index is 671. The van der Waals surface area contributed by atoms with Gasteiger partial charge < -0.3 is 10.1 Å². The minimum Gasteiger partial charge on any atom is -0.444 e. The molecule has 2 rings (SSSR count). The minimum absolute atomic E-state index is 0.0250. The molecule has 0 atom stereocenters. The molecule has 6 heteroatoms. The molecule has 1 aliphatic rings. The molecule has 0 unspecified atom stereocenters. The Morgan fingerprint density at radius 2 is 2.08 bits per heavy atom. The van der Waals surface area contributed by atoms with E-state index in [9.17, 15) is 14.4 Å². The first-order valence-electron chi connectivity index (χ1n) is 8.45. The lowest BCUT2D eigenvalue weighted by Gasteiger charge is -2.36. The highest BCUT2D eigenvalue weighted by Crippen LogP contribution is 2.39. The summed E-state index contributed by atoms with van der Waals surface area (Å²) < 4.78 is 19.4. The summed E-state index contributed by atoms with van der Waals surface area (Å²) in [6.45, 7) is 5.46. The predicted molar refractivity (Wildman–Crippen MR) is 97.9 cm³/mol. The van der Waals surface area contributed by atoms with Crippen molar-refractivity contribution in [2.75, 3.05) is 0 Å². The van der Waals surface area contributed by atoms with Crippen molar-refractivity contribution >= 4 is 22.0 Å². The molecule has 1 amide bonds. The number of rotatable bonds is 3. The second-order valence-corrected chi connectivity index (χ2v) is 8.11. The molecule has 0 aromatic heterocycles. The summed E-state index contributed by atoms with van der Waals surface area (Å²) in [5.41, 5.74) is 0.0619. The number of nitrogens with one attached hydrogen (secondary N) is 1. The fourth-order valence-electron chi connectivity index (χ4n) is 3.15. The van der Waals surface area contributed by atoms with Crippen LogP contribution in [-0.4, -0.2) is 17.7 Å². The van der Waals surface area contributed by atoms with Gasteiger partial charge in [-0.2, -0.15) is 5.26 Å². The molecule has 0 spiro atoms. The van der Waals surface area contributed by atoms with Gasteiger partial charge in [0.2, 0.25) is 0 Å². The zero-order valence-corrected chi connectivity index (χ0v) is 16.5. The van der Waals surface area contributed by atoms with Crippen molar-refractivity contribution in [3.8, 4) is 6.07 Å². The Morgan fingerprint density at radius 1 is 1.44 bits per heavy atom. The zero-order chi connectivity index (χ0) is 18.7. The van der Waals surface area contributed by atoms with Gasteiger partial charge in [0.15, 0.2) is 0 Å². The lowest BCUT2D eigenvalue weighted by molar-refractivity contribution is 0.0487. The molecule has 0 saturated heterocycles. The summed E-state index contributed by atoms with van der Waals surface area (Å²) in [5, 5.41) is 13.1. The second kappa shape index (κ2) is 7.74. The van der Waals surface area contributed by atoms with Crippen LogP contribution in [0.2, 0.25) is 0 Å². The van der Waals surface area contributed by atoms with E-state index in [1.807, 2.05) is 26.8 Å². The lowest BCUT2D eigenvalue weighted by Crippen LogP contribution is -2.43. The van der Waals surface area contributed by atoms with Crippen LogP contribution in [0.25, 0.3) is 0 Å². The van der Waals surface area contributed by atoms with Crippen LogP contribution in [0.15, 0.2) is 18.2 Å². The van der Waals surface area contributed by atoms with E-state index in [2.05, 4.69) is 27.3 Å². The van der Waals surface area contributed by atoms with Gasteiger partial charge in [0, 0.05) is 11.4 Å². The van der Waals surface area contributed by atoms with E-state index >= 15 is 0 Å². The maximum atomic E-state index is 14.1. The highest BCUT2D eigenvalue weighted by molar-refractivity contribution is 9.08. The molecule has 25 heavy (non-hydrogen) atoms. The molecule has 136 valence electrons. The number of hydrogen-bond acceptors (Lipinski definition) is 3. The van der Waals surface area contributed by atoms with Gasteiger partial charge in [0.1, 0.15) is 11.4 Å². The van der Waals surface area contributed by atoms with Crippen LogP contribution >= 0.6 is 15.9 Å².